The molecule has 0 spiro atoms. The van der Waals surface area contributed by atoms with E-state index in [1.807, 2.05) is 20.8 Å². The van der Waals surface area contributed by atoms with Crippen molar-refractivity contribution >= 4 is 27.5 Å². The van der Waals surface area contributed by atoms with Crippen molar-refractivity contribution in [2.75, 3.05) is 6.61 Å². The zero-order valence-corrected chi connectivity index (χ0v) is 17.7. The second-order valence-corrected chi connectivity index (χ2v) is 8.34. The number of aryl methyl sites for hydroxylation is 3. The van der Waals surface area contributed by atoms with Gasteiger partial charge in [0.2, 0.25) is 0 Å². The Morgan fingerprint density at radius 1 is 1.21 bits per heavy atom. The number of rotatable bonds is 7. The minimum absolute atomic E-state index is 0.116. The largest absolute Gasteiger partial charge is 0.464 e. The van der Waals surface area contributed by atoms with Gasteiger partial charge in [-0.25, -0.2) is 4.98 Å². The molecule has 0 aliphatic rings. The summed E-state index contributed by atoms with van der Waals surface area (Å²) in [6.45, 7) is 8.46. The molecule has 0 unspecified atom stereocenters. The molecule has 0 saturated heterocycles. The lowest BCUT2D eigenvalue weighted by Gasteiger charge is -2.09. The molecule has 5 nitrogen and oxygen atoms in total. The van der Waals surface area contributed by atoms with Gasteiger partial charge in [-0.1, -0.05) is 43.5 Å². The van der Waals surface area contributed by atoms with Crippen LogP contribution in [0.15, 0.2) is 29.3 Å². The Kier molecular flexibility index (Phi) is 6.29. The Bertz CT molecular complexity index is 1070. The van der Waals surface area contributed by atoms with E-state index in [0.717, 1.165) is 46.4 Å². The van der Waals surface area contributed by atoms with Crippen LogP contribution in [0.2, 0.25) is 0 Å². The van der Waals surface area contributed by atoms with Gasteiger partial charge in [-0.2, -0.15) is 0 Å². The lowest BCUT2D eigenvalue weighted by Crippen LogP contribution is -2.25. The van der Waals surface area contributed by atoms with Gasteiger partial charge in [-0.15, -0.1) is 11.3 Å². The third kappa shape index (κ3) is 4.17. The van der Waals surface area contributed by atoms with Crippen molar-refractivity contribution in [1.29, 1.82) is 0 Å². The van der Waals surface area contributed by atoms with Crippen molar-refractivity contribution in [3.05, 3.63) is 50.9 Å². The van der Waals surface area contributed by atoms with E-state index in [9.17, 15) is 9.59 Å². The lowest BCUT2D eigenvalue weighted by atomic mass is 9.97. The van der Waals surface area contributed by atoms with Crippen molar-refractivity contribution < 1.29 is 9.53 Å². The molecule has 0 fully saturated rings. The van der Waals surface area contributed by atoms with E-state index >= 15 is 0 Å². The highest BCUT2D eigenvalue weighted by atomic mass is 32.1. The Balaban J connectivity index is 1.98. The number of carbonyl (C=O) groups is 1. The maximum absolute atomic E-state index is 13.2. The molecule has 6 heteroatoms. The van der Waals surface area contributed by atoms with Crippen molar-refractivity contribution in [1.82, 2.24) is 9.55 Å². The van der Waals surface area contributed by atoms with E-state index in [-0.39, 0.29) is 12.1 Å². The molecule has 28 heavy (non-hydrogen) atoms. The average Bonchev–Trinajstić information content (AvgIpc) is 3.00. The van der Waals surface area contributed by atoms with E-state index in [1.54, 1.807) is 0 Å². The van der Waals surface area contributed by atoms with Crippen LogP contribution in [-0.4, -0.2) is 22.1 Å². The first-order chi connectivity index (χ1) is 13.4. The highest BCUT2D eigenvalue weighted by molar-refractivity contribution is 7.19. The molecule has 0 amide bonds. The molecule has 0 radical (unpaired) electrons. The summed E-state index contributed by atoms with van der Waals surface area (Å²) in [6.07, 6.45) is 4.38. The molecule has 0 aliphatic carbocycles. The summed E-state index contributed by atoms with van der Waals surface area (Å²) in [6, 6.07) is 6.23. The minimum atomic E-state index is -0.403. The van der Waals surface area contributed by atoms with Crippen molar-refractivity contribution in [3.8, 4) is 11.1 Å². The topological polar surface area (TPSA) is 61.2 Å². The molecule has 2 heterocycles. The number of thiophene rings is 1. The summed E-state index contributed by atoms with van der Waals surface area (Å²) >= 11 is 1.51. The van der Waals surface area contributed by atoms with Gasteiger partial charge in [0.1, 0.15) is 11.4 Å². The zero-order chi connectivity index (χ0) is 20.3. The molecule has 2 aromatic heterocycles. The van der Waals surface area contributed by atoms with E-state index in [2.05, 4.69) is 30.1 Å². The third-order valence-electron chi connectivity index (χ3n) is 4.83. The fourth-order valence-corrected chi connectivity index (χ4v) is 4.30. The smallest absolute Gasteiger partial charge is 0.326 e. The third-order valence-corrected chi connectivity index (χ3v) is 5.84. The van der Waals surface area contributed by atoms with E-state index in [1.165, 1.54) is 22.2 Å². The van der Waals surface area contributed by atoms with Gasteiger partial charge in [0.05, 0.1) is 18.3 Å². The second kappa shape index (κ2) is 8.69. The summed E-state index contributed by atoms with van der Waals surface area (Å²) in [7, 11) is 0. The molecule has 0 aliphatic heterocycles. The first-order valence-electron chi connectivity index (χ1n) is 9.64. The normalized spacial score (nSPS) is 11.1. The predicted molar refractivity (Wildman–Crippen MR) is 114 cm³/mol. The highest BCUT2D eigenvalue weighted by Gasteiger charge is 2.19. The van der Waals surface area contributed by atoms with Gasteiger partial charge in [0, 0.05) is 10.4 Å². The van der Waals surface area contributed by atoms with E-state index < -0.39 is 5.97 Å². The van der Waals surface area contributed by atoms with Crippen LogP contribution in [-0.2, 0) is 16.1 Å². The van der Waals surface area contributed by atoms with Crippen LogP contribution < -0.4 is 5.56 Å². The predicted octanol–water partition coefficient (Wildman–Crippen LogP) is 4.78. The Morgan fingerprint density at radius 2 is 2.00 bits per heavy atom. The zero-order valence-electron chi connectivity index (χ0n) is 16.9. The van der Waals surface area contributed by atoms with Gasteiger partial charge in [-0.05, 0) is 38.3 Å². The quantitative estimate of drug-likeness (QED) is 0.424. The van der Waals surface area contributed by atoms with Crippen molar-refractivity contribution in [2.45, 2.75) is 53.5 Å². The summed E-state index contributed by atoms with van der Waals surface area (Å²) in [4.78, 5) is 31.5. The van der Waals surface area contributed by atoms with Gasteiger partial charge >= 0.3 is 5.97 Å². The van der Waals surface area contributed by atoms with Crippen LogP contribution in [0.3, 0.4) is 0 Å². The molecule has 148 valence electrons. The number of fused-ring (bicyclic) bond motifs is 1. The van der Waals surface area contributed by atoms with E-state index in [4.69, 9.17) is 4.74 Å². The molecule has 0 N–H and O–H groups in total. The first kappa shape index (κ1) is 20.3. The first-order valence-corrected chi connectivity index (χ1v) is 10.5. The number of benzene rings is 1. The molecular weight excluding hydrogens is 372 g/mol. The Hall–Kier alpha value is -2.47. The standard InChI is InChI=1S/C22H26N2O3S/c1-5-6-7-10-27-18(25)12-24-13-23-21-20(22(24)26)19(16(4)28-21)17-11-14(2)8-9-15(17)3/h8-9,11,13H,5-7,10,12H2,1-4H3. The average molecular weight is 399 g/mol. The highest BCUT2D eigenvalue weighted by Crippen LogP contribution is 2.37. The SMILES string of the molecule is CCCCCOC(=O)Cn1cnc2sc(C)c(-c3cc(C)ccc3C)c2c1=O. The molecule has 3 aromatic rings. The van der Waals surface area contributed by atoms with Crippen LogP contribution in [0.4, 0.5) is 0 Å². The molecule has 0 atom stereocenters. The number of hydrogen-bond donors (Lipinski definition) is 0. The number of aromatic nitrogens is 2. The van der Waals surface area contributed by atoms with Crippen molar-refractivity contribution in [3.63, 3.8) is 0 Å². The lowest BCUT2D eigenvalue weighted by molar-refractivity contribution is -0.144. The summed E-state index contributed by atoms with van der Waals surface area (Å²) in [5.74, 6) is -0.403. The monoisotopic (exact) mass is 398 g/mol. The molecule has 1 aromatic carbocycles. The number of esters is 1. The fraction of sp³-hybridized carbons (Fsp3) is 0.409. The maximum Gasteiger partial charge on any atom is 0.326 e. The summed E-state index contributed by atoms with van der Waals surface area (Å²) in [5, 5.41) is 0.581. The summed E-state index contributed by atoms with van der Waals surface area (Å²) < 4.78 is 6.60. The molecule has 0 bridgehead atoms. The Morgan fingerprint density at radius 3 is 2.75 bits per heavy atom. The number of carbonyl (C=O) groups excluding carboxylic acids is 1. The van der Waals surface area contributed by atoms with Crippen LogP contribution in [0.5, 0.6) is 0 Å². The van der Waals surface area contributed by atoms with Crippen LogP contribution in [0.1, 0.15) is 42.2 Å². The fourth-order valence-electron chi connectivity index (χ4n) is 3.30. The van der Waals surface area contributed by atoms with Crippen molar-refractivity contribution in [2.24, 2.45) is 0 Å². The van der Waals surface area contributed by atoms with Crippen LogP contribution >= 0.6 is 11.3 Å². The number of nitrogens with zero attached hydrogens (tertiary/aromatic N) is 2. The maximum atomic E-state index is 13.2. The van der Waals surface area contributed by atoms with Crippen LogP contribution in [0.25, 0.3) is 21.3 Å². The van der Waals surface area contributed by atoms with Gasteiger partial charge < -0.3 is 4.74 Å². The van der Waals surface area contributed by atoms with Gasteiger partial charge in [-0.3, -0.25) is 14.2 Å². The van der Waals surface area contributed by atoms with E-state index in [0.29, 0.717) is 16.8 Å². The molecule has 0 saturated carbocycles. The second-order valence-electron chi connectivity index (χ2n) is 7.14. The van der Waals surface area contributed by atoms with Gasteiger partial charge in [0.25, 0.3) is 5.56 Å². The van der Waals surface area contributed by atoms with Crippen LogP contribution in [0, 0.1) is 20.8 Å². The number of ether oxygens (including phenoxy) is 1. The summed E-state index contributed by atoms with van der Waals surface area (Å²) in [5.41, 5.74) is 4.01. The Labute approximate surface area is 169 Å². The van der Waals surface area contributed by atoms with Gasteiger partial charge in [0.15, 0.2) is 0 Å². The molecular formula is C22H26N2O3S. The number of unbranched alkanes of at least 4 members (excludes halogenated alkanes) is 2. The molecule has 3 rings (SSSR count). The minimum Gasteiger partial charge on any atom is -0.464 e. The number of hydrogen-bond acceptors (Lipinski definition) is 5.